The Kier molecular flexibility index (Phi) is 7.18. The molecule has 1 fully saturated rings. The number of aryl methyl sites for hydroxylation is 1. The zero-order chi connectivity index (χ0) is 19.1. The van der Waals surface area contributed by atoms with Gasteiger partial charge in [-0.15, -0.1) is 0 Å². The van der Waals surface area contributed by atoms with E-state index in [4.69, 9.17) is 0 Å². The van der Waals surface area contributed by atoms with Crippen LogP contribution in [-0.4, -0.2) is 42.3 Å². The van der Waals surface area contributed by atoms with Crippen LogP contribution in [0.25, 0.3) is 0 Å². The Morgan fingerprint density at radius 3 is 2.65 bits per heavy atom. The average Bonchev–Trinajstić information content (AvgIpc) is 2.65. The van der Waals surface area contributed by atoms with Crippen LogP contribution in [-0.2, 0) is 20.8 Å². The molecule has 6 nitrogen and oxygen atoms in total. The summed E-state index contributed by atoms with van der Waals surface area (Å²) >= 11 is 0. The van der Waals surface area contributed by atoms with Gasteiger partial charge in [-0.05, 0) is 30.9 Å². The van der Waals surface area contributed by atoms with Gasteiger partial charge in [0, 0.05) is 24.7 Å². The number of para-hydroxylation sites is 1. The number of benzene rings is 1. The van der Waals surface area contributed by atoms with Crippen molar-refractivity contribution in [2.75, 3.05) is 25.0 Å². The summed E-state index contributed by atoms with van der Waals surface area (Å²) in [5.74, 6) is -0.643. The van der Waals surface area contributed by atoms with Gasteiger partial charge >= 0.3 is 0 Å². The van der Waals surface area contributed by atoms with Gasteiger partial charge in [0.25, 0.3) is 0 Å². The topological polar surface area (TPSA) is 78.5 Å². The third kappa shape index (κ3) is 5.31. The van der Waals surface area contributed by atoms with Crippen molar-refractivity contribution in [1.29, 1.82) is 0 Å². The number of likely N-dealkylation sites (tertiary alicyclic amines) is 1. The molecule has 1 heterocycles. The van der Waals surface area contributed by atoms with Crippen LogP contribution in [0.3, 0.4) is 0 Å². The Hall–Kier alpha value is -2.37. The van der Waals surface area contributed by atoms with Gasteiger partial charge in [0.15, 0.2) is 0 Å². The highest BCUT2D eigenvalue weighted by atomic mass is 16.2. The molecule has 6 heteroatoms. The number of amides is 3. The molecule has 1 saturated heterocycles. The molecule has 0 aliphatic carbocycles. The van der Waals surface area contributed by atoms with Gasteiger partial charge in [-0.25, -0.2) is 0 Å². The normalized spacial score (nSPS) is 17.1. The van der Waals surface area contributed by atoms with Crippen molar-refractivity contribution < 1.29 is 14.4 Å². The Labute approximate surface area is 155 Å². The summed E-state index contributed by atoms with van der Waals surface area (Å²) in [7, 11) is 0. The lowest BCUT2D eigenvalue weighted by Gasteiger charge is -2.33. The van der Waals surface area contributed by atoms with Gasteiger partial charge in [0.1, 0.15) is 0 Å². The molecule has 0 bridgehead atoms. The summed E-state index contributed by atoms with van der Waals surface area (Å²) in [5, 5.41) is 5.55. The van der Waals surface area contributed by atoms with Crippen LogP contribution >= 0.6 is 0 Å². The summed E-state index contributed by atoms with van der Waals surface area (Å²) < 4.78 is 0. The number of anilines is 1. The molecule has 0 saturated carbocycles. The summed E-state index contributed by atoms with van der Waals surface area (Å²) in [6.07, 6.45) is 2.38. The molecule has 2 rings (SSSR count). The van der Waals surface area contributed by atoms with E-state index in [9.17, 15) is 14.4 Å². The molecule has 2 N–H and O–H groups in total. The number of hydrogen-bond donors (Lipinski definition) is 2. The number of hydrogen-bond acceptors (Lipinski definition) is 3. The first-order chi connectivity index (χ1) is 12.4. The maximum absolute atomic E-state index is 12.4. The zero-order valence-electron chi connectivity index (χ0n) is 15.9. The van der Waals surface area contributed by atoms with E-state index in [1.54, 1.807) is 4.90 Å². The molecule has 1 aliphatic heterocycles. The Balaban J connectivity index is 1.84. The van der Waals surface area contributed by atoms with Crippen LogP contribution in [0.1, 0.15) is 39.2 Å². The van der Waals surface area contributed by atoms with Crippen molar-refractivity contribution in [1.82, 2.24) is 10.2 Å². The van der Waals surface area contributed by atoms with Crippen LogP contribution in [0, 0.1) is 11.8 Å². The van der Waals surface area contributed by atoms with E-state index in [0.29, 0.717) is 13.1 Å². The van der Waals surface area contributed by atoms with Gasteiger partial charge in [-0.1, -0.05) is 39.0 Å². The second kappa shape index (κ2) is 9.36. The summed E-state index contributed by atoms with van der Waals surface area (Å²) in [6, 6.07) is 7.63. The summed E-state index contributed by atoms with van der Waals surface area (Å²) in [4.78, 5) is 38.4. The molecule has 26 heavy (non-hydrogen) atoms. The number of carbonyl (C=O) groups excluding carboxylic acids is 3. The quantitative estimate of drug-likeness (QED) is 0.817. The maximum atomic E-state index is 12.4. The third-order valence-corrected chi connectivity index (χ3v) is 4.69. The lowest BCUT2D eigenvalue weighted by atomic mass is 9.96. The van der Waals surface area contributed by atoms with Crippen molar-refractivity contribution in [2.45, 2.75) is 40.0 Å². The molecule has 1 atom stereocenters. The second-order valence-electron chi connectivity index (χ2n) is 7.05. The predicted molar refractivity (Wildman–Crippen MR) is 102 cm³/mol. The molecule has 142 valence electrons. The van der Waals surface area contributed by atoms with Crippen molar-refractivity contribution >= 4 is 23.4 Å². The minimum Gasteiger partial charge on any atom is -0.347 e. The fourth-order valence-electron chi connectivity index (χ4n) is 3.21. The van der Waals surface area contributed by atoms with E-state index < -0.39 is 0 Å². The molecule has 0 aromatic heterocycles. The number of nitrogens with zero attached hydrogens (tertiary/aromatic N) is 1. The fraction of sp³-hybridized carbons (Fsp3) is 0.550. The number of carbonyl (C=O) groups is 3. The molecule has 1 aromatic carbocycles. The third-order valence-electron chi connectivity index (χ3n) is 4.69. The van der Waals surface area contributed by atoms with Gasteiger partial charge in [0.2, 0.25) is 17.7 Å². The molecule has 3 amide bonds. The standard InChI is InChI=1S/C20H29N3O3/c1-4-15-8-5-6-10-17(15)22-18(24)12-21-19(25)16-9-7-11-23(13-16)20(26)14(2)3/h5-6,8,10,14,16H,4,7,9,11-13H2,1-3H3,(H,21,25)(H,22,24). The SMILES string of the molecule is CCc1ccccc1NC(=O)CNC(=O)C1CCCN(C(=O)C(C)C)C1. The first kappa shape index (κ1) is 19.9. The van der Waals surface area contributed by atoms with Crippen molar-refractivity contribution in [3.05, 3.63) is 29.8 Å². The van der Waals surface area contributed by atoms with Gasteiger partial charge in [0.05, 0.1) is 12.5 Å². The van der Waals surface area contributed by atoms with Gasteiger partial charge in [-0.3, -0.25) is 14.4 Å². The molecule has 1 aliphatic rings. The number of piperidine rings is 1. The lowest BCUT2D eigenvalue weighted by Crippen LogP contribution is -2.47. The highest BCUT2D eigenvalue weighted by Gasteiger charge is 2.29. The lowest BCUT2D eigenvalue weighted by molar-refractivity contribution is -0.138. The van der Waals surface area contributed by atoms with E-state index in [1.807, 2.05) is 45.0 Å². The molecule has 1 aromatic rings. The molecular formula is C20H29N3O3. The monoisotopic (exact) mass is 359 g/mol. The van der Waals surface area contributed by atoms with Crippen LogP contribution in [0.5, 0.6) is 0 Å². The Morgan fingerprint density at radius 1 is 1.23 bits per heavy atom. The molecule has 1 unspecified atom stereocenters. The number of nitrogens with one attached hydrogen (secondary N) is 2. The molecule has 0 radical (unpaired) electrons. The predicted octanol–water partition coefficient (Wildman–Crippen LogP) is 2.20. The largest absolute Gasteiger partial charge is 0.347 e. The fourth-order valence-corrected chi connectivity index (χ4v) is 3.21. The maximum Gasteiger partial charge on any atom is 0.243 e. The van der Waals surface area contributed by atoms with Crippen LogP contribution in [0.4, 0.5) is 5.69 Å². The highest BCUT2D eigenvalue weighted by Crippen LogP contribution is 2.19. The molecular weight excluding hydrogens is 330 g/mol. The van der Waals surface area contributed by atoms with Crippen molar-refractivity contribution in [3.63, 3.8) is 0 Å². The van der Waals surface area contributed by atoms with Gasteiger partial charge in [-0.2, -0.15) is 0 Å². The van der Waals surface area contributed by atoms with Crippen molar-refractivity contribution in [2.24, 2.45) is 11.8 Å². The minimum absolute atomic E-state index is 0.0640. The molecule has 0 spiro atoms. The first-order valence-electron chi connectivity index (χ1n) is 9.36. The van der Waals surface area contributed by atoms with E-state index >= 15 is 0 Å². The van der Waals surface area contributed by atoms with E-state index in [1.165, 1.54) is 0 Å². The van der Waals surface area contributed by atoms with E-state index in [-0.39, 0.29) is 36.1 Å². The van der Waals surface area contributed by atoms with Crippen molar-refractivity contribution in [3.8, 4) is 0 Å². The minimum atomic E-state index is -0.248. The van der Waals surface area contributed by atoms with Crippen LogP contribution in [0.15, 0.2) is 24.3 Å². The summed E-state index contributed by atoms with van der Waals surface area (Å²) in [5.41, 5.74) is 1.84. The number of rotatable bonds is 6. The van der Waals surface area contributed by atoms with E-state index in [0.717, 1.165) is 30.5 Å². The zero-order valence-corrected chi connectivity index (χ0v) is 15.9. The van der Waals surface area contributed by atoms with Gasteiger partial charge < -0.3 is 15.5 Å². The van der Waals surface area contributed by atoms with Crippen LogP contribution < -0.4 is 10.6 Å². The van der Waals surface area contributed by atoms with Crippen LogP contribution in [0.2, 0.25) is 0 Å². The average molecular weight is 359 g/mol. The first-order valence-corrected chi connectivity index (χ1v) is 9.36. The Bertz CT molecular complexity index is 657. The second-order valence-corrected chi connectivity index (χ2v) is 7.05. The smallest absolute Gasteiger partial charge is 0.243 e. The highest BCUT2D eigenvalue weighted by molar-refractivity contribution is 5.95. The Morgan fingerprint density at radius 2 is 1.96 bits per heavy atom. The summed E-state index contributed by atoms with van der Waals surface area (Å²) in [6.45, 7) is 6.83. The van der Waals surface area contributed by atoms with E-state index in [2.05, 4.69) is 10.6 Å².